The molecule has 0 radical (unpaired) electrons. The third kappa shape index (κ3) is 3.57. The van der Waals surface area contributed by atoms with E-state index in [1.165, 1.54) is 30.5 Å². The van der Waals surface area contributed by atoms with E-state index in [4.69, 9.17) is 0 Å². The average Bonchev–Trinajstić information content (AvgIpc) is 2.91. The zero-order valence-corrected chi connectivity index (χ0v) is 11.1. The van der Waals surface area contributed by atoms with E-state index in [-0.39, 0.29) is 5.69 Å². The fourth-order valence-electron chi connectivity index (χ4n) is 1.40. The Morgan fingerprint density at radius 3 is 2.52 bits per heavy atom. The SMILES string of the molecule is O=C(OS(=O)(=O)Oc1ccccc1[N+](=O)[O-])c1ccc[nH]1. The molecule has 0 saturated carbocycles. The van der Waals surface area contributed by atoms with Gasteiger partial charge in [0, 0.05) is 12.3 Å². The minimum Gasteiger partial charge on any atom is -0.356 e. The van der Waals surface area contributed by atoms with Crippen molar-refractivity contribution in [2.24, 2.45) is 0 Å². The highest BCUT2D eigenvalue weighted by Gasteiger charge is 2.25. The largest absolute Gasteiger partial charge is 0.504 e. The van der Waals surface area contributed by atoms with Crippen LogP contribution >= 0.6 is 0 Å². The molecule has 0 aliphatic heterocycles. The number of aromatic nitrogens is 1. The summed E-state index contributed by atoms with van der Waals surface area (Å²) in [5.74, 6) is -1.75. The Morgan fingerprint density at radius 2 is 1.90 bits per heavy atom. The molecule has 0 aliphatic rings. The highest BCUT2D eigenvalue weighted by Crippen LogP contribution is 2.27. The number of H-pyrrole nitrogens is 1. The summed E-state index contributed by atoms with van der Waals surface area (Å²) in [6.07, 6.45) is 1.39. The third-order valence-electron chi connectivity index (χ3n) is 2.25. The van der Waals surface area contributed by atoms with Crippen molar-refractivity contribution in [3.05, 3.63) is 58.4 Å². The van der Waals surface area contributed by atoms with E-state index in [9.17, 15) is 23.3 Å². The highest BCUT2D eigenvalue weighted by molar-refractivity contribution is 7.82. The molecule has 0 spiro atoms. The first-order chi connectivity index (χ1) is 9.89. The number of benzene rings is 1. The maximum atomic E-state index is 11.6. The van der Waals surface area contributed by atoms with Gasteiger partial charge in [0.15, 0.2) is 0 Å². The van der Waals surface area contributed by atoms with E-state index in [1.807, 2.05) is 0 Å². The van der Waals surface area contributed by atoms with Crippen LogP contribution in [0.3, 0.4) is 0 Å². The standard InChI is InChI=1S/C11H8N2O7S/c14-11(8-4-3-7-12-8)20-21(17,18)19-10-6-2-1-5-9(10)13(15)16/h1-7,12H. The number of nitrogens with zero attached hydrogens (tertiary/aromatic N) is 1. The van der Waals surface area contributed by atoms with Crippen LogP contribution in [-0.2, 0) is 14.6 Å². The van der Waals surface area contributed by atoms with Gasteiger partial charge < -0.3 is 13.4 Å². The van der Waals surface area contributed by atoms with Gasteiger partial charge in [-0.05, 0) is 18.2 Å². The molecule has 2 rings (SSSR count). The Balaban J connectivity index is 2.19. The van der Waals surface area contributed by atoms with Crippen molar-refractivity contribution in [1.29, 1.82) is 0 Å². The number of carbonyl (C=O) groups excluding carboxylic acids is 1. The molecule has 9 nitrogen and oxygen atoms in total. The Kier molecular flexibility index (Phi) is 3.89. The lowest BCUT2D eigenvalue weighted by Gasteiger charge is -2.06. The van der Waals surface area contributed by atoms with Crippen molar-refractivity contribution < 1.29 is 26.5 Å². The van der Waals surface area contributed by atoms with Crippen molar-refractivity contribution in [3.63, 3.8) is 0 Å². The smallest absolute Gasteiger partial charge is 0.356 e. The van der Waals surface area contributed by atoms with E-state index >= 15 is 0 Å². The fraction of sp³-hybridized carbons (Fsp3) is 0. The molecule has 0 saturated heterocycles. The minimum absolute atomic E-state index is 0.107. The van der Waals surface area contributed by atoms with E-state index in [0.29, 0.717) is 0 Å². The van der Waals surface area contributed by atoms with Gasteiger partial charge >= 0.3 is 22.1 Å². The van der Waals surface area contributed by atoms with Crippen LogP contribution in [0.15, 0.2) is 42.6 Å². The molecule has 21 heavy (non-hydrogen) atoms. The predicted molar refractivity (Wildman–Crippen MR) is 68.9 cm³/mol. The van der Waals surface area contributed by atoms with Crippen LogP contribution in [0.2, 0.25) is 0 Å². The molecule has 2 aromatic rings. The fourth-order valence-corrected chi connectivity index (χ4v) is 2.07. The van der Waals surface area contributed by atoms with Gasteiger partial charge in [0.2, 0.25) is 5.75 Å². The molecule has 1 heterocycles. The molecule has 10 heteroatoms. The second-order valence-corrected chi connectivity index (χ2v) is 4.82. The summed E-state index contributed by atoms with van der Waals surface area (Å²) in [4.78, 5) is 23.8. The van der Waals surface area contributed by atoms with Crippen LogP contribution in [0, 0.1) is 10.1 Å². The lowest BCUT2D eigenvalue weighted by Crippen LogP contribution is -2.19. The lowest BCUT2D eigenvalue weighted by atomic mass is 10.3. The summed E-state index contributed by atoms with van der Waals surface area (Å²) >= 11 is 0. The molecule has 0 amide bonds. The molecule has 110 valence electrons. The topological polar surface area (TPSA) is 129 Å². The second-order valence-electron chi connectivity index (χ2n) is 3.67. The maximum absolute atomic E-state index is 11.6. The van der Waals surface area contributed by atoms with Crippen LogP contribution < -0.4 is 4.18 Å². The van der Waals surface area contributed by atoms with Gasteiger partial charge in [-0.15, -0.1) is 8.42 Å². The van der Waals surface area contributed by atoms with Crippen LogP contribution in [0.1, 0.15) is 10.5 Å². The van der Waals surface area contributed by atoms with Crippen molar-refractivity contribution in [1.82, 2.24) is 4.98 Å². The van der Waals surface area contributed by atoms with Crippen molar-refractivity contribution in [2.75, 3.05) is 0 Å². The van der Waals surface area contributed by atoms with Gasteiger partial charge in [0.25, 0.3) is 0 Å². The Hall–Kier alpha value is -2.88. The van der Waals surface area contributed by atoms with Crippen molar-refractivity contribution in [3.8, 4) is 5.75 Å². The van der Waals surface area contributed by atoms with Crippen LogP contribution in [0.25, 0.3) is 0 Å². The van der Waals surface area contributed by atoms with Crippen molar-refractivity contribution in [2.45, 2.75) is 0 Å². The first-order valence-corrected chi connectivity index (χ1v) is 6.77. The molecule has 1 aromatic carbocycles. The lowest BCUT2D eigenvalue weighted by molar-refractivity contribution is -0.385. The number of nitrogens with one attached hydrogen (secondary N) is 1. The van der Waals surface area contributed by atoms with Gasteiger partial charge in [-0.25, -0.2) is 4.79 Å². The number of nitro groups is 1. The van der Waals surface area contributed by atoms with Crippen molar-refractivity contribution >= 4 is 22.1 Å². The zero-order chi connectivity index (χ0) is 15.5. The van der Waals surface area contributed by atoms with E-state index in [2.05, 4.69) is 13.4 Å². The Morgan fingerprint density at radius 1 is 1.19 bits per heavy atom. The van der Waals surface area contributed by atoms with Crippen LogP contribution in [0.5, 0.6) is 5.75 Å². The molecule has 0 bridgehead atoms. The number of rotatable bonds is 5. The maximum Gasteiger partial charge on any atom is 0.504 e. The Labute approximate surface area is 118 Å². The molecule has 0 aliphatic carbocycles. The van der Waals surface area contributed by atoms with Crippen LogP contribution in [-0.4, -0.2) is 24.3 Å². The number of nitro benzene ring substituents is 1. The summed E-state index contributed by atoms with van der Waals surface area (Å²) < 4.78 is 31.8. The minimum atomic E-state index is -4.79. The summed E-state index contributed by atoms with van der Waals surface area (Å²) in [5.41, 5.74) is -0.679. The number of aromatic amines is 1. The van der Waals surface area contributed by atoms with E-state index in [0.717, 1.165) is 12.1 Å². The van der Waals surface area contributed by atoms with Gasteiger partial charge in [0.05, 0.1) is 4.92 Å². The second kappa shape index (κ2) is 5.63. The molecule has 1 N–H and O–H groups in total. The molecular formula is C11H8N2O7S. The summed E-state index contributed by atoms with van der Waals surface area (Å²) in [5, 5.41) is 10.7. The molecule has 0 fully saturated rings. The first-order valence-electron chi connectivity index (χ1n) is 5.44. The summed E-state index contributed by atoms with van der Waals surface area (Å²) in [7, 11) is -4.79. The average molecular weight is 312 g/mol. The molecular weight excluding hydrogens is 304 g/mol. The number of carbonyl (C=O) groups is 1. The zero-order valence-electron chi connectivity index (χ0n) is 10.3. The van der Waals surface area contributed by atoms with E-state index < -0.39 is 32.7 Å². The van der Waals surface area contributed by atoms with E-state index in [1.54, 1.807) is 0 Å². The quantitative estimate of drug-likeness (QED) is 0.652. The first kappa shape index (κ1) is 14.5. The normalized spacial score (nSPS) is 10.9. The highest BCUT2D eigenvalue weighted by atomic mass is 32.3. The third-order valence-corrected chi connectivity index (χ3v) is 2.99. The number of para-hydroxylation sites is 2. The summed E-state index contributed by atoms with van der Waals surface area (Å²) in [6, 6.07) is 7.55. The predicted octanol–water partition coefficient (Wildman–Crippen LogP) is 1.40. The van der Waals surface area contributed by atoms with Gasteiger partial charge in [0.1, 0.15) is 5.69 Å². The number of hydrogen-bond donors (Lipinski definition) is 1. The Bertz CT molecular complexity index is 768. The molecule has 1 aromatic heterocycles. The monoisotopic (exact) mass is 312 g/mol. The summed E-state index contributed by atoms with van der Waals surface area (Å²) in [6.45, 7) is 0. The molecule has 0 unspecified atom stereocenters. The van der Waals surface area contributed by atoms with Gasteiger partial charge in [-0.3, -0.25) is 10.1 Å². The molecule has 0 atom stereocenters. The van der Waals surface area contributed by atoms with Crippen LogP contribution in [0.4, 0.5) is 5.69 Å². The van der Waals surface area contributed by atoms with Gasteiger partial charge in [-0.1, -0.05) is 12.1 Å². The van der Waals surface area contributed by atoms with Gasteiger partial charge in [-0.2, -0.15) is 0 Å². The number of hydrogen-bond acceptors (Lipinski definition) is 7.